The lowest BCUT2D eigenvalue weighted by Gasteiger charge is -2.31. The van der Waals surface area contributed by atoms with E-state index in [1.165, 1.54) is 12.8 Å². The number of nitrogens with zero attached hydrogens (tertiary/aromatic N) is 1. The molecule has 0 aromatic rings. The first-order valence-corrected chi connectivity index (χ1v) is 7.22. The van der Waals surface area contributed by atoms with E-state index in [-0.39, 0.29) is 0 Å². The van der Waals surface area contributed by atoms with Crippen LogP contribution in [0.5, 0.6) is 0 Å². The molecule has 1 rings (SSSR count). The Labute approximate surface area is 116 Å². The van der Waals surface area contributed by atoms with E-state index in [1.807, 2.05) is 18.9 Å². The number of rotatable bonds is 11. The van der Waals surface area contributed by atoms with Crippen LogP contribution in [0.15, 0.2) is 0 Å². The van der Waals surface area contributed by atoms with Gasteiger partial charge >= 0.3 is 5.97 Å². The van der Waals surface area contributed by atoms with Crippen molar-refractivity contribution < 1.29 is 14.6 Å². The molecule has 0 radical (unpaired) electrons. The molecule has 1 aliphatic carbocycles. The molecule has 0 bridgehead atoms. The number of ether oxygens (including phenoxy) is 1. The topological polar surface area (TPSA) is 61.8 Å². The van der Waals surface area contributed by atoms with Gasteiger partial charge in [0.25, 0.3) is 0 Å². The van der Waals surface area contributed by atoms with Gasteiger partial charge in [-0.15, -0.1) is 0 Å². The van der Waals surface area contributed by atoms with Crippen molar-refractivity contribution in [1.82, 2.24) is 10.2 Å². The van der Waals surface area contributed by atoms with E-state index in [0.29, 0.717) is 13.2 Å². The van der Waals surface area contributed by atoms with Crippen LogP contribution in [0, 0.1) is 5.92 Å². The van der Waals surface area contributed by atoms with Gasteiger partial charge in [0, 0.05) is 19.7 Å². The molecule has 5 nitrogen and oxygen atoms in total. The Morgan fingerprint density at radius 3 is 2.74 bits per heavy atom. The fourth-order valence-corrected chi connectivity index (χ4v) is 1.97. The van der Waals surface area contributed by atoms with Gasteiger partial charge in [0.15, 0.2) is 0 Å². The molecule has 0 saturated heterocycles. The molecule has 1 atom stereocenters. The summed E-state index contributed by atoms with van der Waals surface area (Å²) in [5.41, 5.74) is -0.888. The summed E-state index contributed by atoms with van der Waals surface area (Å²) in [6, 6.07) is 0. The summed E-state index contributed by atoms with van der Waals surface area (Å²) in [4.78, 5) is 13.4. The highest BCUT2D eigenvalue weighted by Gasteiger charge is 2.33. The molecule has 0 aromatic carbocycles. The second-order valence-electron chi connectivity index (χ2n) is 5.82. The van der Waals surface area contributed by atoms with Crippen LogP contribution in [0.1, 0.15) is 33.1 Å². The lowest BCUT2D eigenvalue weighted by Crippen LogP contribution is -2.56. The van der Waals surface area contributed by atoms with E-state index in [1.54, 1.807) is 6.92 Å². The number of hydrogen-bond acceptors (Lipinski definition) is 4. The molecule has 1 fully saturated rings. The van der Waals surface area contributed by atoms with E-state index in [0.717, 1.165) is 32.0 Å². The van der Waals surface area contributed by atoms with Gasteiger partial charge in [-0.3, -0.25) is 4.79 Å². The molecule has 5 heteroatoms. The summed E-state index contributed by atoms with van der Waals surface area (Å²) in [7, 11) is 1.94. The first kappa shape index (κ1) is 16.4. The molecule has 0 aromatic heterocycles. The maximum atomic E-state index is 11.4. The molecule has 1 unspecified atom stereocenters. The van der Waals surface area contributed by atoms with Crippen molar-refractivity contribution in [2.75, 3.05) is 39.9 Å². The van der Waals surface area contributed by atoms with E-state index in [9.17, 15) is 9.90 Å². The molecule has 19 heavy (non-hydrogen) atoms. The maximum absolute atomic E-state index is 11.4. The largest absolute Gasteiger partial charge is 0.480 e. The third-order valence-corrected chi connectivity index (χ3v) is 3.49. The number of aliphatic carboxylic acids is 1. The summed E-state index contributed by atoms with van der Waals surface area (Å²) in [5.74, 6) is -0.0208. The Hall–Kier alpha value is -0.650. The van der Waals surface area contributed by atoms with Crippen LogP contribution in [-0.2, 0) is 9.53 Å². The highest BCUT2D eigenvalue weighted by molar-refractivity contribution is 5.78. The molecule has 112 valence electrons. The Morgan fingerprint density at radius 1 is 1.53 bits per heavy atom. The van der Waals surface area contributed by atoms with Crippen LogP contribution < -0.4 is 5.32 Å². The van der Waals surface area contributed by atoms with Crippen molar-refractivity contribution in [3.8, 4) is 0 Å². The minimum absolute atomic E-state index is 0.481. The van der Waals surface area contributed by atoms with Gasteiger partial charge in [0.1, 0.15) is 5.54 Å². The summed E-state index contributed by atoms with van der Waals surface area (Å²) >= 11 is 0. The maximum Gasteiger partial charge on any atom is 0.324 e. The molecular weight excluding hydrogens is 244 g/mol. The van der Waals surface area contributed by atoms with Gasteiger partial charge in [-0.05, 0) is 45.7 Å². The van der Waals surface area contributed by atoms with Crippen LogP contribution in [0.2, 0.25) is 0 Å². The minimum atomic E-state index is -0.888. The van der Waals surface area contributed by atoms with Gasteiger partial charge in [0.2, 0.25) is 0 Å². The van der Waals surface area contributed by atoms with Crippen molar-refractivity contribution in [2.45, 2.75) is 38.6 Å². The summed E-state index contributed by atoms with van der Waals surface area (Å²) in [5, 5.41) is 12.5. The zero-order valence-electron chi connectivity index (χ0n) is 12.4. The molecule has 0 amide bonds. The van der Waals surface area contributed by atoms with Crippen LogP contribution in [0.4, 0.5) is 0 Å². The molecular formula is C14H28N2O3. The Kier molecular flexibility index (Phi) is 6.75. The zero-order valence-corrected chi connectivity index (χ0v) is 12.4. The molecule has 1 aliphatic rings. The van der Waals surface area contributed by atoms with Gasteiger partial charge in [0.05, 0.1) is 6.61 Å². The molecule has 2 N–H and O–H groups in total. The van der Waals surface area contributed by atoms with Crippen molar-refractivity contribution in [3.63, 3.8) is 0 Å². The van der Waals surface area contributed by atoms with Gasteiger partial charge in [-0.2, -0.15) is 0 Å². The van der Waals surface area contributed by atoms with E-state index < -0.39 is 11.5 Å². The second kappa shape index (κ2) is 7.82. The van der Waals surface area contributed by atoms with Crippen molar-refractivity contribution in [3.05, 3.63) is 0 Å². The minimum Gasteiger partial charge on any atom is -0.480 e. The first-order valence-electron chi connectivity index (χ1n) is 7.22. The van der Waals surface area contributed by atoms with Crippen LogP contribution in [0.25, 0.3) is 0 Å². The average Bonchev–Trinajstić information content (AvgIpc) is 3.16. The van der Waals surface area contributed by atoms with Crippen LogP contribution in [0.3, 0.4) is 0 Å². The van der Waals surface area contributed by atoms with E-state index in [2.05, 4.69) is 5.32 Å². The quantitative estimate of drug-likeness (QED) is 0.553. The summed E-state index contributed by atoms with van der Waals surface area (Å²) < 4.78 is 5.57. The monoisotopic (exact) mass is 272 g/mol. The predicted molar refractivity (Wildman–Crippen MR) is 75.4 cm³/mol. The highest BCUT2D eigenvalue weighted by atomic mass is 16.5. The fourth-order valence-electron chi connectivity index (χ4n) is 1.97. The molecule has 0 spiro atoms. The van der Waals surface area contributed by atoms with Gasteiger partial charge in [-0.1, -0.05) is 6.92 Å². The molecule has 1 saturated carbocycles. The van der Waals surface area contributed by atoms with Crippen molar-refractivity contribution in [1.29, 1.82) is 0 Å². The van der Waals surface area contributed by atoms with Crippen LogP contribution >= 0.6 is 0 Å². The number of likely N-dealkylation sites (N-methyl/N-ethyl adjacent to an activating group) is 1. The number of hydrogen-bond donors (Lipinski definition) is 2. The average molecular weight is 272 g/mol. The fraction of sp³-hybridized carbons (Fsp3) is 0.929. The highest BCUT2D eigenvalue weighted by Crippen LogP contribution is 2.28. The summed E-state index contributed by atoms with van der Waals surface area (Å²) in [6.07, 6.45) is 3.53. The predicted octanol–water partition coefficient (Wildman–Crippen LogP) is 1.19. The first-order chi connectivity index (χ1) is 8.98. The Bertz CT molecular complexity index is 282. The lowest BCUT2D eigenvalue weighted by atomic mass is 10.0. The third-order valence-electron chi connectivity index (χ3n) is 3.49. The van der Waals surface area contributed by atoms with E-state index >= 15 is 0 Å². The third kappa shape index (κ3) is 6.36. The Balaban J connectivity index is 2.24. The number of carboxylic acids is 1. The standard InChI is InChI=1S/C14H28N2O3/c1-4-7-15-14(2,13(17)18)11-16(3)8-9-19-10-12-5-6-12/h12,15H,4-11H2,1-3H3,(H,17,18). The number of nitrogens with one attached hydrogen (secondary N) is 1. The van der Waals surface area contributed by atoms with Crippen LogP contribution in [-0.4, -0.2) is 61.4 Å². The van der Waals surface area contributed by atoms with Gasteiger partial charge < -0.3 is 20.1 Å². The van der Waals surface area contributed by atoms with E-state index in [4.69, 9.17) is 4.74 Å². The van der Waals surface area contributed by atoms with Crippen molar-refractivity contribution in [2.24, 2.45) is 5.92 Å². The normalized spacial score (nSPS) is 18.5. The SMILES string of the molecule is CCCNC(C)(CN(C)CCOCC1CC1)C(=O)O. The van der Waals surface area contributed by atoms with Crippen molar-refractivity contribution >= 4 is 5.97 Å². The molecule has 0 heterocycles. The van der Waals surface area contributed by atoms with Gasteiger partial charge in [-0.25, -0.2) is 0 Å². The second-order valence-corrected chi connectivity index (χ2v) is 5.82. The smallest absolute Gasteiger partial charge is 0.324 e. The number of carboxylic acid groups (broad SMARTS) is 1. The lowest BCUT2D eigenvalue weighted by molar-refractivity contribution is -0.145. The number of carbonyl (C=O) groups is 1. The summed E-state index contributed by atoms with van der Waals surface area (Å²) in [6.45, 7) is 7.28. The Morgan fingerprint density at radius 2 is 2.21 bits per heavy atom. The molecule has 0 aliphatic heterocycles. The zero-order chi connectivity index (χ0) is 14.3.